The Hall–Kier alpha value is -2.40. The second-order valence-electron chi connectivity index (χ2n) is 7.45. The SMILES string of the molecule is C=CCc1ccc(-c2ccc(/C=C/CCCC(C)OCCCCC)c(F)c2F)nn1. The van der Waals surface area contributed by atoms with Gasteiger partial charge in [-0.15, -0.1) is 6.58 Å². The molecule has 0 saturated heterocycles. The summed E-state index contributed by atoms with van der Waals surface area (Å²) in [6, 6.07) is 6.50. The molecule has 0 bridgehead atoms. The zero-order chi connectivity index (χ0) is 21.8. The normalized spacial score (nSPS) is 12.4. The van der Waals surface area contributed by atoms with Gasteiger partial charge >= 0.3 is 0 Å². The van der Waals surface area contributed by atoms with Gasteiger partial charge in [-0.1, -0.05) is 44.1 Å². The second kappa shape index (κ2) is 13.0. The van der Waals surface area contributed by atoms with Crippen molar-refractivity contribution in [3.05, 3.63) is 65.9 Å². The Bertz CT molecular complexity index is 819. The molecule has 1 heterocycles. The third kappa shape index (κ3) is 7.45. The number of rotatable bonds is 13. The van der Waals surface area contributed by atoms with Crippen LogP contribution in [0.1, 0.15) is 63.6 Å². The van der Waals surface area contributed by atoms with Crippen LogP contribution in [-0.4, -0.2) is 22.9 Å². The molecule has 0 aliphatic carbocycles. The van der Waals surface area contributed by atoms with Gasteiger partial charge in [0.1, 0.15) is 0 Å². The van der Waals surface area contributed by atoms with Gasteiger partial charge in [0.25, 0.3) is 0 Å². The Morgan fingerprint density at radius 3 is 2.60 bits per heavy atom. The van der Waals surface area contributed by atoms with Gasteiger partial charge in [-0.3, -0.25) is 0 Å². The van der Waals surface area contributed by atoms with Crippen molar-refractivity contribution in [2.75, 3.05) is 6.61 Å². The fourth-order valence-corrected chi connectivity index (χ4v) is 3.10. The molecule has 30 heavy (non-hydrogen) atoms. The third-order valence-electron chi connectivity index (χ3n) is 4.89. The first-order valence-corrected chi connectivity index (χ1v) is 10.8. The molecule has 0 spiro atoms. The lowest BCUT2D eigenvalue weighted by Crippen LogP contribution is -2.08. The molecular weight excluding hydrogens is 382 g/mol. The van der Waals surface area contributed by atoms with E-state index in [0.717, 1.165) is 38.0 Å². The number of halogens is 2. The van der Waals surface area contributed by atoms with Crippen LogP contribution in [0.3, 0.4) is 0 Å². The van der Waals surface area contributed by atoms with E-state index in [1.54, 1.807) is 36.4 Å². The largest absolute Gasteiger partial charge is 0.379 e. The Balaban J connectivity index is 1.88. The highest BCUT2D eigenvalue weighted by Crippen LogP contribution is 2.25. The molecule has 5 heteroatoms. The minimum absolute atomic E-state index is 0.108. The van der Waals surface area contributed by atoms with Crippen LogP contribution in [0.4, 0.5) is 8.78 Å². The van der Waals surface area contributed by atoms with Crippen molar-refractivity contribution in [2.45, 2.75) is 64.9 Å². The highest BCUT2D eigenvalue weighted by atomic mass is 19.2. The van der Waals surface area contributed by atoms with E-state index < -0.39 is 11.6 Å². The van der Waals surface area contributed by atoms with Crippen molar-refractivity contribution in [1.82, 2.24) is 10.2 Å². The van der Waals surface area contributed by atoms with Crippen LogP contribution in [0.5, 0.6) is 0 Å². The highest BCUT2D eigenvalue weighted by molar-refractivity contribution is 5.63. The molecule has 0 fully saturated rings. The second-order valence-corrected chi connectivity index (χ2v) is 7.45. The maximum Gasteiger partial charge on any atom is 0.168 e. The summed E-state index contributed by atoms with van der Waals surface area (Å²) in [5.41, 5.74) is 1.38. The molecule has 2 aromatic rings. The minimum atomic E-state index is -0.906. The summed E-state index contributed by atoms with van der Waals surface area (Å²) in [4.78, 5) is 0. The summed E-state index contributed by atoms with van der Waals surface area (Å²) in [7, 11) is 0. The molecule has 1 aromatic heterocycles. The van der Waals surface area contributed by atoms with Crippen molar-refractivity contribution >= 4 is 6.08 Å². The van der Waals surface area contributed by atoms with Gasteiger partial charge in [0.15, 0.2) is 11.6 Å². The van der Waals surface area contributed by atoms with Gasteiger partial charge in [-0.25, -0.2) is 8.78 Å². The Morgan fingerprint density at radius 2 is 1.90 bits per heavy atom. The predicted octanol–water partition coefficient (Wildman–Crippen LogP) is 6.93. The molecule has 1 unspecified atom stereocenters. The van der Waals surface area contributed by atoms with E-state index in [1.807, 2.05) is 6.08 Å². The Labute approximate surface area is 178 Å². The van der Waals surface area contributed by atoms with Gasteiger partial charge < -0.3 is 4.74 Å². The number of hydrogen-bond donors (Lipinski definition) is 0. The zero-order valence-electron chi connectivity index (χ0n) is 18.0. The van der Waals surface area contributed by atoms with E-state index in [0.29, 0.717) is 12.1 Å². The third-order valence-corrected chi connectivity index (χ3v) is 4.89. The van der Waals surface area contributed by atoms with E-state index in [1.165, 1.54) is 12.8 Å². The predicted molar refractivity (Wildman–Crippen MR) is 119 cm³/mol. The van der Waals surface area contributed by atoms with Gasteiger partial charge in [0, 0.05) is 24.2 Å². The number of aromatic nitrogens is 2. The number of hydrogen-bond acceptors (Lipinski definition) is 3. The maximum atomic E-state index is 14.5. The fourth-order valence-electron chi connectivity index (χ4n) is 3.10. The molecule has 0 N–H and O–H groups in total. The first kappa shape index (κ1) is 23.9. The Kier molecular flexibility index (Phi) is 10.4. The van der Waals surface area contributed by atoms with Crippen LogP contribution in [0.2, 0.25) is 0 Å². The van der Waals surface area contributed by atoms with Gasteiger partial charge in [-0.05, 0) is 50.8 Å². The molecular formula is C25H32F2N2O. The molecule has 3 nitrogen and oxygen atoms in total. The molecule has 0 saturated carbocycles. The molecule has 0 aliphatic heterocycles. The van der Waals surface area contributed by atoms with E-state index in [-0.39, 0.29) is 17.2 Å². The number of nitrogens with zero attached hydrogens (tertiary/aromatic N) is 2. The lowest BCUT2D eigenvalue weighted by molar-refractivity contribution is 0.0566. The topological polar surface area (TPSA) is 35.0 Å². The number of benzene rings is 1. The average Bonchev–Trinajstić information content (AvgIpc) is 2.75. The van der Waals surface area contributed by atoms with Crippen LogP contribution in [0.15, 0.2) is 43.0 Å². The van der Waals surface area contributed by atoms with Crippen molar-refractivity contribution in [2.24, 2.45) is 0 Å². The van der Waals surface area contributed by atoms with Crippen LogP contribution in [0, 0.1) is 11.6 Å². The van der Waals surface area contributed by atoms with Crippen LogP contribution in [-0.2, 0) is 11.2 Å². The zero-order valence-corrected chi connectivity index (χ0v) is 18.0. The van der Waals surface area contributed by atoms with Gasteiger partial charge in [-0.2, -0.15) is 10.2 Å². The molecule has 162 valence electrons. The minimum Gasteiger partial charge on any atom is -0.379 e. The van der Waals surface area contributed by atoms with Crippen molar-refractivity contribution in [3.8, 4) is 11.3 Å². The van der Waals surface area contributed by atoms with Gasteiger partial charge in [0.05, 0.1) is 17.5 Å². The number of ether oxygens (including phenoxy) is 1. The van der Waals surface area contributed by atoms with Gasteiger partial charge in [0.2, 0.25) is 0 Å². The number of allylic oxidation sites excluding steroid dienone is 2. The molecule has 2 rings (SSSR count). The summed E-state index contributed by atoms with van der Waals surface area (Å²) in [6.07, 6.45) is 12.2. The molecule has 0 amide bonds. The van der Waals surface area contributed by atoms with E-state index >= 15 is 0 Å². The van der Waals surface area contributed by atoms with Crippen LogP contribution >= 0.6 is 0 Å². The Morgan fingerprint density at radius 1 is 1.07 bits per heavy atom. The monoisotopic (exact) mass is 414 g/mol. The quantitative estimate of drug-likeness (QED) is 0.263. The molecule has 1 aromatic carbocycles. The highest BCUT2D eigenvalue weighted by Gasteiger charge is 2.14. The van der Waals surface area contributed by atoms with E-state index in [2.05, 4.69) is 30.6 Å². The first-order chi connectivity index (χ1) is 14.6. The van der Waals surface area contributed by atoms with Crippen molar-refractivity contribution in [3.63, 3.8) is 0 Å². The summed E-state index contributed by atoms with van der Waals surface area (Å²) in [5, 5.41) is 8.01. The summed E-state index contributed by atoms with van der Waals surface area (Å²) >= 11 is 0. The van der Waals surface area contributed by atoms with Crippen LogP contribution in [0.25, 0.3) is 17.3 Å². The van der Waals surface area contributed by atoms with E-state index in [4.69, 9.17) is 4.74 Å². The average molecular weight is 415 g/mol. The maximum absolute atomic E-state index is 14.5. The molecule has 0 aliphatic rings. The lowest BCUT2D eigenvalue weighted by Gasteiger charge is -2.12. The smallest absolute Gasteiger partial charge is 0.168 e. The van der Waals surface area contributed by atoms with Crippen LogP contribution < -0.4 is 0 Å². The van der Waals surface area contributed by atoms with Crippen molar-refractivity contribution in [1.29, 1.82) is 0 Å². The molecule has 1 atom stereocenters. The first-order valence-electron chi connectivity index (χ1n) is 10.8. The summed E-state index contributed by atoms with van der Waals surface area (Å²) in [5.74, 6) is -1.77. The standard InChI is InChI=1S/C25H32F2N2O/c1-4-6-10-18-30-19(3)12-8-7-9-13-20-14-16-22(25(27)24(20)26)23-17-15-21(11-5-2)28-29-23/h5,9,13-17,19H,2,4,6-8,10-12,18H2,1,3H3/b13-9+. The summed E-state index contributed by atoms with van der Waals surface area (Å²) < 4.78 is 34.8. The van der Waals surface area contributed by atoms with Crippen molar-refractivity contribution < 1.29 is 13.5 Å². The lowest BCUT2D eigenvalue weighted by atomic mass is 10.1. The van der Waals surface area contributed by atoms with E-state index in [9.17, 15) is 8.78 Å². The number of unbranched alkanes of at least 4 members (excludes halogenated alkanes) is 3. The molecule has 0 radical (unpaired) electrons. The summed E-state index contributed by atoms with van der Waals surface area (Å²) in [6.45, 7) is 8.71. The fraction of sp³-hybridized carbons (Fsp3) is 0.440.